The minimum Gasteiger partial charge on any atom is -0.0617 e. The van der Waals surface area contributed by atoms with Crippen LogP contribution in [0, 0.1) is 12.8 Å². The predicted octanol–water partition coefficient (Wildman–Crippen LogP) is 3.83. The Labute approximate surface area is 81.0 Å². The summed E-state index contributed by atoms with van der Waals surface area (Å²) in [6.45, 7) is 6.65. The SMILES string of the molecule is C[C](C)c1cccc(C)c1C1CC1. The van der Waals surface area contributed by atoms with Crippen LogP contribution in [-0.4, -0.2) is 0 Å². The highest BCUT2D eigenvalue weighted by Crippen LogP contribution is 2.44. The zero-order valence-corrected chi connectivity index (χ0v) is 8.72. The number of aryl methyl sites for hydroxylation is 1. The van der Waals surface area contributed by atoms with Gasteiger partial charge in [0.25, 0.3) is 0 Å². The molecule has 0 heterocycles. The van der Waals surface area contributed by atoms with Gasteiger partial charge in [-0.15, -0.1) is 0 Å². The van der Waals surface area contributed by atoms with Gasteiger partial charge >= 0.3 is 0 Å². The van der Waals surface area contributed by atoms with Gasteiger partial charge in [-0.25, -0.2) is 0 Å². The van der Waals surface area contributed by atoms with Crippen molar-refractivity contribution in [3.05, 3.63) is 40.8 Å². The van der Waals surface area contributed by atoms with E-state index >= 15 is 0 Å². The number of rotatable bonds is 2. The van der Waals surface area contributed by atoms with Gasteiger partial charge in [0.05, 0.1) is 0 Å². The zero-order valence-electron chi connectivity index (χ0n) is 8.72. The summed E-state index contributed by atoms with van der Waals surface area (Å²) in [5.74, 6) is 2.32. The maximum absolute atomic E-state index is 2.26. The summed E-state index contributed by atoms with van der Waals surface area (Å²) in [5, 5.41) is 0. The lowest BCUT2D eigenvalue weighted by Gasteiger charge is -2.14. The quantitative estimate of drug-likeness (QED) is 0.637. The molecule has 0 bridgehead atoms. The van der Waals surface area contributed by atoms with Crippen molar-refractivity contribution in [3.63, 3.8) is 0 Å². The average Bonchev–Trinajstić information content (AvgIpc) is 2.86. The van der Waals surface area contributed by atoms with E-state index in [1.54, 1.807) is 5.56 Å². The van der Waals surface area contributed by atoms with Gasteiger partial charge in [-0.2, -0.15) is 0 Å². The van der Waals surface area contributed by atoms with Gasteiger partial charge in [0.2, 0.25) is 0 Å². The Balaban J connectivity index is 2.47. The summed E-state index contributed by atoms with van der Waals surface area (Å²) in [6.07, 6.45) is 2.79. The van der Waals surface area contributed by atoms with Gasteiger partial charge in [0, 0.05) is 0 Å². The first-order chi connectivity index (χ1) is 6.20. The molecule has 69 valence electrons. The van der Waals surface area contributed by atoms with Gasteiger partial charge in [-0.1, -0.05) is 32.0 Å². The minimum absolute atomic E-state index is 0.867. The van der Waals surface area contributed by atoms with Crippen molar-refractivity contribution in [2.24, 2.45) is 0 Å². The van der Waals surface area contributed by atoms with E-state index in [-0.39, 0.29) is 0 Å². The van der Waals surface area contributed by atoms with E-state index < -0.39 is 0 Å². The molecule has 0 unspecified atom stereocenters. The zero-order chi connectivity index (χ0) is 9.42. The van der Waals surface area contributed by atoms with Crippen LogP contribution < -0.4 is 0 Å². The molecule has 1 radical (unpaired) electrons. The van der Waals surface area contributed by atoms with Crippen LogP contribution in [0.1, 0.15) is 49.3 Å². The third-order valence-electron chi connectivity index (χ3n) is 2.85. The molecular weight excluding hydrogens is 156 g/mol. The first-order valence-electron chi connectivity index (χ1n) is 5.10. The van der Waals surface area contributed by atoms with Crippen LogP contribution in [0.4, 0.5) is 0 Å². The van der Waals surface area contributed by atoms with Crippen molar-refractivity contribution in [1.82, 2.24) is 0 Å². The summed E-state index contributed by atoms with van der Waals surface area (Å²) in [7, 11) is 0. The van der Waals surface area contributed by atoms with Gasteiger partial charge in [-0.05, 0) is 48.3 Å². The largest absolute Gasteiger partial charge is 0.0617 e. The molecule has 0 N–H and O–H groups in total. The molecule has 0 aliphatic heterocycles. The summed E-state index contributed by atoms with van der Waals surface area (Å²) < 4.78 is 0. The molecule has 0 aromatic heterocycles. The van der Waals surface area contributed by atoms with Crippen molar-refractivity contribution in [1.29, 1.82) is 0 Å². The molecule has 1 aromatic carbocycles. The average molecular weight is 173 g/mol. The lowest BCUT2D eigenvalue weighted by molar-refractivity contribution is 1.02. The third kappa shape index (κ3) is 1.63. The van der Waals surface area contributed by atoms with Gasteiger partial charge < -0.3 is 0 Å². The molecule has 1 aliphatic carbocycles. The van der Waals surface area contributed by atoms with E-state index in [1.165, 1.54) is 29.9 Å². The summed E-state index contributed by atoms with van der Waals surface area (Å²) in [4.78, 5) is 0. The van der Waals surface area contributed by atoms with E-state index in [2.05, 4.69) is 39.0 Å². The topological polar surface area (TPSA) is 0 Å². The van der Waals surface area contributed by atoms with E-state index in [4.69, 9.17) is 0 Å². The Morgan fingerprint density at radius 1 is 1.23 bits per heavy atom. The second kappa shape index (κ2) is 3.17. The fraction of sp³-hybridized carbons (Fsp3) is 0.462. The lowest BCUT2D eigenvalue weighted by atomic mass is 9.91. The second-order valence-electron chi connectivity index (χ2n) is 4.31. The highest BCUT2D eigenvalue weighted by Gasteiger charge is 2.27. The Morgan fingerprint density at radius 2 is 1.92 bits per heavy atom. The molecule has 1 fully saturated rings. The molecule has 0 spiro atoms. The van der Waals surface area contributed by atoms with Gasteiger partial charge in [-0.3, -0.25) is 0 Å². The van der Waals surface area contributed by atoms with Crippen molar-refractivity contribution >= 4 is 0 Å². The molecular formula is C13H17. The highest BCUT2D eigenvalue weighted by molar-refractivity contribution is 5.45. The fourth-order valence-electron chi connectivity index (χ4n) is 2.03. The Morgan fingerprint density at radius 3 is 2.46 bits per heavy atom. The smallest absolute Gasteiger partial charge is 0.000901 e. The van der Waals surface area contributed by atoms with Crippen molar-refractivity contribution in [2.75, 3.05) is 0 Å². The molecule has 0 atom stereocenters. The second-order valence-corrected chi connectivity index (χ2v) is 4.31. The predicted molar refractivity (Wildman–Crippen MR) is 56.8 cm³/mol. The molecule has 0 heteroatoms. The Kier molecular flexibility index (Phi) is 2.15. The van der Waals surface area contributed by atoms with Gasteiger partial charge in [0.1, 0.15) is 0 Å². The van der Waals surface area contributed by atoms with Crippen LogP contribution >= 0.6 is 0 Å². The van der Waals surface area contributed by atoms with Crippen LogP contribution in [0.3, 0.4) is 0 Å². The van der Waals surface area contributed by atoms with Crippen molar-refractivity contribution < 1.29 is 0 Å². The standard InChI is InChI=1S/C13H17/c1-9(2)12-6-4-5-10(3)13(12)11-7-8-11/h4-6,11H,7-8H2,1-3H3. The van der Waals surface area contributed by atoms with Crippen LogP contribution in [-0.2, 0) is 0 Å². The number of benzene rings is 1. The van der Waals surface area contributed by atoms with Crippen LogP contribution in [0.5, 0.6) is 0 Å². The summed E-state index contributed by atoms with van der Waals surface area (Å²) in [5.41, 5.74) is 4.58. The van der Waals surface area contributed by atoms with Crippen LogP contribution in [0.2, 0.25) is 0 Å². The first kappa shape index (κ1) is 8.80. The maximum atomic E-state index is 2.26. The molecule has 1 aliphatic rings. The minimum atomic E-state index is 0.867. The van der Waals surface area contributed by atoms with E-state index in [9.17, 15) is 0 Å². The van der Waals surface area contributed by atoms with E-state index in [1.807, 2.05) is 0 Å². The van der Waals surface area contributed by atoms with Crippen molar-refractivity contribution in [2.45, 2.75) is 39.5 Å². The number of hydrogen-bond acceptors (Lipinski definition) is 0. The molecule has 0 saturated heterocycles. The van der Waals surface area contributed by atoms with Crippen LogP contribution in [0.15, 0.2) is 18.2 Å². The maximum Gasteiger partial charge on any atom is -0.000901 e. The first-order valence-corrected chi connectivity index (χ1v) is 5.10. The van der Waals surface area contributed by atoms with E-state index in [0.29, 0.717) is 0 Å². The molecule has 0 nitrogen and oxygen atoms in total. The molecule has 1 aromatic rings. The fourth-order valence-corrected chi connectivity index (χ4v) is 2.03. The molecule has 13 heavy (non-hydrogen) atoms. The summed E-state index contributed by atoms with van der Waals surface area (Å²) >= 11 is 0. The Bertz CT molecular complexity index is 306. The molecule has 1 saturated carbocycles. The number of hydrogen-bond donors (Lipinski definition) is 0. The van der Waals surface area contributed by atoms with E-state index in [0.717, 1.165) is 5.92 Å². The third-order valence-corrected chi connectivity index (χ3v) is 2.85. The monoisotopic (exact) mass is 173 g/mol. The molecule has 2 rings (SSSR count). The van der Waals surface area contributed by atoms with Crippen molar-refractivity contribution in [3.8, 4) is 0 Å². The normalized spacial score (nSPS) is 16.6. The highest BCUT2D eigenvalue weighted by atomic mass is 14.3. The Hall–Kier alpha value is -0.780. The van der Waals surface area contributed by atoms with Crippen LogP contribution in [0.25, 0.3) is 0 Å². The summed E-state index contributed by atoms with van der Waals surface area (Å²) in [6, 6.07) is 6.67. The van der Waals surface area contributed by atoms with Gasteiger partial charge in [0.15, 0.2) is 0 Å². The lowest BCUT2D eigenvalue weighted by Crippen LogP contribution is -1.97. The molecule has 0 amide bonds.